The average Bonchev–Trinajstić information content (AvgIpc) is 2.84. The van der Waals surface area contributed by atoms with E-state index < -0.39 is 29.7 Å². The summed E-state index contributed by atoms with van der Waals surface area (Å²) in [4.78, 5) is 25.7. The maximum absolute atomic E-state index is 12.7. The van der Waals surface area contributed by atoms with Crippen molar-refractivity contribution < 1.29 is 37.3 Å². The van der Waals surface area contributed by atoms with E-state index in [1.54, 1.807) is 19.1 Å². The summed E-state index contributed by atoms with van der Waals surface area (Å²) in [5, 5.41) is 10.2. The zero-order valence-corrected chi connectivity index (χ0v) is 14.5. The molecular formula is C19H14F3NO5. The molecule has 9 heteroatoms. The van der Waals surface area contributed by atoms with Crippen LogP contribution in [0.2, 0.25) is 0 Å². The van der Waals surface area contributed by atoms with Crippen LogP contribution < -0.4 is 14.4 Å². The van der Waals surface area contributed by atoms with Gasteiger partial charge in [-0.2, -0.15) is 0 Å². The average molecular weight is 393 g/mol. The lowest BCUT2D eigenvalue weighted by Crippen LogP contribution is -2.31. The molecule has 0 aromatic heterocycles. The van der Waals surface area contributed by atoms with E-state index in [0.29, 0.717) is 17.3 Å². The summed E-state index contributed by atoms with van der Waals surface area (Å²) in [6, 6.07) is 10.5. The predicted molar refractivity (Wildman–Crippen MR) is 92.8 cm³/mol. The topological polar surface area (TPSA) is 76.1 Å². The van der Waals surface area contributed by atoms with Crippen molar-refractivity contribution in [2.24, 2.45) is 0 Å². The van der Waals surface area contributed by atoms with Gasteiger partial charge in [0.2, 0.25) is 0 Å². The number of ether oxygens (including phenoxy) is 2. The second-order valence-corrected chi connectivity index (χ2v) is 5.67. The van der Waals surface area contributed by atoms with Gasteiger partial charge in [0.15, 0.2) is 5.76 Å². The number of halogens is 3. The van der Waals surface area contributed by atoms with Crippen LogP contribution in [0.5, 0.6) is 11.5 Å². The van der Waals surface area contributed by atoms with Crippen molar-refractivity contribution in [3.8, 4) is 11.5 Å². The predicted octanol–water partition coefficient (Wildman–Crippen LogP) is 3.83. The first-order valence-corrected chi connectivity index (χ1v) is 8.12. The largest absolute Gasteiger partial charge is 0.573 e. The molecule has 2 aromatic rings. The quantitative estimate of drug-likeness (QED) is 0.782. The van der Waals surface area contributed by atoms with Crippen LogP contribution in [0.4, 0.5) is 18.9 Å². The number of aliphatic hydroxyl groups excluding tert-OH is 1. The van der Waals surface area contributed by atoms with Gasteiger partial charge in [0.25, 0.3) is 5.91 Å². The van der Waals surface area contributed by atoms with Gasteiger partial charge in [0, 0.05) is 6.07 Å². The summed E-state index contributed by atoms with van der Waals surface area (Å²) >= 11 is 0. The molecule has 2 amide bonds. The molecule has 1 heterocycles. The van der Waals surface area contributed by atoms with Crippen molar-refractivity contribution in [2.75, 3.05) is 11.5 Å². The summed E-state index contributed by atoms with van der Waals surface area (Å²) in [5.41, 5.74) is -0.149. The number of hydrogen-bond acceptors (Lipinski definition) is 5. The maximum Gasteiger partial charge on any atom is 0.573 e. The third-order valence-corrected chi connectivity index (χ3v) is 3.82. The van der Waals surface area contributed by atoms with Crippen LogP contribution in [0.25, 0.3) is 5.57 Å². The lowest BCUT2D eigenvalue weighted by Gasteiger charge is -2.16. The second kappa shape index (κ2) is 7.26. The standard InChI is InChI=1S/C19H14F3NO5/c1-2-27-13-8-6-11(7-9-13)15-16(24)18(26)23(17(15)25)12-4-3-5-14(10-12)28-19(20,21)22/h3-10,24H,2H2,1H3. The van der Waals surface area contributed by atoms with Gasteiger partial charge in [-0.05, 0) is 36.8 Å². The minimum atomic E-state index is -4.93. The van der Waals surface area contributed by atoms with Gasteiger partial charge in [-0.1, -0.05) is 18.2 Å². The number of carbonyl (C=O) groups excluding carboxylic acids is 2. The minimum absolute atomic E-state index is 0.163. The first kappa shape index (κ1) is 19.3. The van der Waals surface area contributed by atoms with Crippen LogP contribution in [-0.2, 0) is 9.59 Å². The number of amides is 2. The van der Waals surface area contributed by atoms with Crippen LogP contribution >= 0.6 is 0 Å². The highest BCUT2D eigenvalue weighted by molar-refractivity contribution is 6.44. The number of imide groups is 1. The van der Waals surface area contributed by atoms with Crippen molar-refractivity contribution >= 4 is 23.1 Å². The minimum Gasteiger partial charge on any atom is -0.502 e. The van der Waals surface area contributed by atoms with Crippen molar-refractivity contribution in [3.63, 3.8) is 0 Å². The van der Waals surface area contributed by atoms with Crippen molar-refractivity contribution in [2.45, 2.75) is 13.3 Å². The molecular weight excluding hydrogens is 379 g/mol. The summed E-state index contributed by atoms with van der Waals surface area (Å²) in [6.07, 6.45) is -4.93. The van der Waals surface area contributed by atoms with E-state index in [9.17, 15) is 27.9 Å². The highest BCUT2D eigenvalue weighted by atomic mass is 19.4. The first-order valence-electron chi connectivity index (χ1n) is 8.12. The Balaban J connectivity index is 1.92. The fraction of sp³-hybridized carbons (Fsp3) is 0.158. The maximum atomic E-state index is 12.7. The normalized spacial score (nSPS) is 14.6. The highest BCUT2D eigenvalue weighted by Crippen LogP contribution is 2.34. The fourth-order valence-electron chi connectivity index (χ4n) is 2.72. The zero-order chi connectivity index (χ0) is 20.5. The number of alkyl halides is 3. The number of benzene rings is 2. The Morgan fingerprint density at radius 2 is 1.68 bits per heavy atom. The third kappa shape index (κ3) is 3.78. The van der Waals surface area contributed by atoms with E-state index in [1.165, 1.54) is 24.3 Å². The zero-order valence-electron chi connectivity index (χ0n) is 14.5. The molecule has 0 saturated heterocycles. The Bertz CT molecular complexity index is 951. The molecule has 0 spiro atoms. The van der Waals surface area contributed by atoms with Gasteiger partial charge >= 0.3 is 12.3 Å². The van der Waals surface area contributed by atoms with Crippen LogP contribution in [0, 0.1) is 0 Å². The summed E-state index contributed by atoms with van der Waals surface area (Å²) < 4.78 is 46.3. The molecule has 6 nitrogen and oxygen atoms in total. The Hall–Kier alpha value is -3.49. The lowest BCUT2D eigenvalue weighted by molar-refractivity contribution is -0.274. The molecule has 1 aliphatic heterocycles. The van der Waals surface area contributed by atoms with E-state index in [1.807, 2.05) is 0 Å². The number of rotatable bonds is 5. The van der Waals surface area contributed by atoms with Crippen LogP contribution in [0.3, 0.4) is 0 Å². The molecule has 28 heavy (non-hydrogen) atoms. The Morgan fingerprint density at radius 3 is 2.29 bits per heavy atom. The molecule has 3 rings (SSSR count). The summed E-state index contributed by atoms with van der Waals surface area (Å²) in [7, 11) is 0. The lowest BCUT2D eigenvalue weighted by atomic mass is 10.1. The molecule has 0 fully saturated rings. The van der Waals surface area contributed by atoms with Crippen molar-refractivity contribution in [3.05, 3.63) is 59.9 Å². The Kier molecular flexibility index (Phi) is 5.00. The molecule has 146 valence electrons. The van der Waals surface area contributed by atoms with Gasteiger partial charge < -0.3 is 14.6 Å². The van der Waals surface area contributed by atoms with Crippen LogP contribution in [0.15, 0.2) is 54.3 Å². The van der Waals surface area contributed by atoms with Crippen molar-refractivity contribution in [1.82, 2.24) is 0 Å². The van der Waals surface area contributed by atoms with E-state index in [4.69, 9.17) is 4.74 Å². The smallest absolute Gasteiger partial charge is 0.502 e. The molecule has 0 atom stereocenters. The molecule has 1 N–H and O–H groups in total. The third-order valence-electron chi connectivity index (χ3n) is 3.82. The van der Waals surface area contributed by atoms with E-state index in [-0.39, 0.29) is 16.8 Å². The number of hydrogen-bond donors (Lipinski definition) is 1. The molecule has 0 unspecified atom stereocenters. The fourth-order valence-corrected chi connectivity index (χ4v) is 2.72. The SMILES string of the molecule is CCOc1ccc(C2=C(O)C(=O)N(c3cccc(OC(F)(F)F)c3)C2=O)cc1. The van der Waals surface area contributed by atoms with E-state index in [2.05, 4.69) is 4.74 Å². The van der Waals surface area contributed by atoms with Gasteiger partial charge in [0.05, 0.1) is 17.9 Å². The monoisotopic (exact) mass is 393 g/mol. The molecule has 0 aliphatic carbocycles. The van der Waals surface area contributed by atoms with E-state index in [0.717, 1.165) is 12.1 Å². The summed E-state index contributed by atoms with van der Waals surface area (Å²) in [5.74, 6) is -2.76. The van der Waals surface area contributed by atoms with Gasteiger partial charge in [-0.3, -0.25) is 9.59 Å². The molecule has 1 aliphatic rings. The summed E-state index contributed by atoms with van der Waals surface area (Å²) in [6.45, 7) is 2.24. The highest BCUT2D eigenvalue weighted by Gasteiger charge is 2.40. The number of carbonyl (C=O) groups is 2. The Labute approximate surface area is 157 Å². The van der Waals surface area contributed by atoms with Gasteiger partial charge in [0.1, 0.15) is 11.5 Å². The van der Waals surface area contributed by atoms with Crippen molar-refractivity contribution in [1.29, 1.82) is 0 Å². The molecule has 0 saturated carbocycles. The number of nitrogens with zero attached hydrogens (tertiary/aromatic N) is 1. The van der Waals surface area contributed by atoms with Gasteiger partial charge in [-0.25, -0.2) is 4.90 Å². The van der Waals surface area contributed by atoms with Crippen LogP contribution in [0.1, 0.15) is 12.5 Å². The molecule has 0 radical (unpaired) electrons. The first-order chi connectivity index (χ1) is 13.2. The van der Waals surface area contributed by atoms with Crippen LogP contribution in [-0.4, -0.2) is 29.9 Å². The molecule has 2 aromatic carbocycles. The second-order valence-electron chi connectivity index (χ2n) is 5.67. The van der Waals surface area contributed by atoms with E-state index >= 15 is 0 Å². The molecule has 0 bridgehead atoms. The number of anilines is 1. The Morgan fingerprint density at radius 1 is 1.00 bits per heavy atom. The van der Waals surface area contributed by atoms with Gasteiger partial charge in [-0.15, -0.1) is 13.2 Å². The number of aliphatic hydroxyl groups is 1.